The molecule has 0 aromatic heterocycles. The first-order chi connectivity index (χ1) is 10.1. The quantitative estimate of drug-likeness (QED) is 0.875. The van der Waals surface area contributed by atoms with E-state index in [1.54, 1.807) is 0 Å². The minimum absolute atomic E-state index is 0.0397. The first-order valence-electron chi connectivity index (χ1n) is 7.91. The molecule has 3 atom stereocenters. The number of hydrogen-bond donors (Lipinski definition) is 2. The first kappa shape index (κ1) is 15.8. The SMILES string of the molecule is CCC(C)Oc1cccc(NC(=O)C2CCCNC2C)c1. The van der Waals surface area contributed by atoms with E-state index in [-0.39, 0.29) is 24.0 Å². The lowest BCUT2D eigenvalue weighted by Crippen LogP contribution is -2.44. The molecule has 4 heteroatoms. The Kier molecular flexibility index (Phi) is 5.62. The summed E-state index contributed by atoms with van der Waals surface area (Å²) in [6, 6.07) is 7.87. The number of rotatable bonds is 5. The van der Waals surface area contributed by atoms with Gasteiger partial charge < -0.3 is 15.4 Å². The largest absolute Gasteiger partial charge is 0.491 e. The Morgan fingerprint density at radius 1 is 1.52 bits per heavy atom. The lowest BCUT2D eigenvalue weighted by molar-refractivity contribution is -0.121. The first-order valence-corrected chi connectivity index (χ1v) is 7.91. The number of ether oxygens (including phenoxy) is 1. The van der Waals surface area contributed by atoms with Crippen LogP contribution in [0.3, 0.4) is 0 Å². The summed E-state index contributed by atoms with van der Waals surface area (Å²) in [5.74, 6) is 0.935. The van der Waals surface area contributed by atoms with Crippen LogP contribution in [0, 0.1) is 5.92 Å². The molecule has 0 spiro atoms. The number of carbonyl (C=O) groups excluding carboxylic acids is 1. The van der Waals surface area contributed by atoms with E-state index in [4.69, 9.17) is 4.74 Å². The van der Waals surface area contributed by atoms with Crippen LogP contribution < -0.4 is 15.4 Å². The summed E-state index contributed by atoms with van der Waals surface area (Å²) in [6.07, 6.45) is 3.14. The molecule has 1 aliphatic heterocycles. The normalized spacial score (nSPS) is 23.4. The zero-order valence-electron chi connectivity index (χ0n) is 13.2. The predicted octanol–water partition coefficient (Wildman–Crippen LogP) is 3.19. The van der Waals surface area contributed by atoms with Crippen molar-refractivity contribution in [2.75, 3.05) is 11.9 Å². The zero-order valence-corrected chi connectivity index (χ0v) is 13.2. The number of anilines is 1. The van der Waals surface area contributed by atoms with Gasteiger partial charge in [0.25, 0.3) is 0 Å². The van der Waals surface area contributed by atoms with Crippen molar-refractivity contribution in [3.8, 4) is 5.75 Å². The molecule has 1 aromatic carbocycles. The fraction of sp³-hybridized carbons (Fsp3) is 0.588. The number of benzene rings is 1. The molecule has 1 heterocycles. The third-order valence-corrected chi connectivity index (χ3v) is 4.11. The molecule has 2 rings (SSSR count). The maximum absolute atomic E-state index is 12.4. The Balaban J connectivity index is 1.98. The van der Waals surface area contributed by atoms with Gasteiger partial charge in [-0.25, -0.2) is 0 Å². The van der Waals surface area contributed by atoms with E-state index in [9.17, 15) is 4.79 Å². The van der Waals surface area contributed by atoms with Crippen LogP contribution in [-0.2, 0) is 4.79 Å². The topological polar surface area (TPSA) is 50.4 Å². The Morgan fingerprint density at radius 2 is 2.33 bits per heavy atom. The third-order valence-electron chi connectivity index (χ3n) is 4.11. The van der Waals surface area contributed by atoms with E-state index < -0.39 is 0 Å². The molecule has 2 N–H and O–H groups in total. The maximum Gasteiger partial charge on any atom is 0.229 e. The summed E-state index contributed by atoms with van der Waals surface area (Å²) in [6.45, 7) is 7.21. The molecule has 116 valence electrons. The van der Waals surface area contributed by atoms with Crippen molar-refractivity contribution >= 4 is 11.6 Å². The summed E-state index contributed by atoms with van der Waals surface area (Å²) in [4.78, 5) is 12.4. The van der Waals surface area contributed by atoms with E-state index in [2.05, 4.69) is 24.5 Å². The number of piperidine rings is 1. The maximum atomic E-state index is 12.4. The van der Waals surface area contributed by atoms with Crippen LogP contribution in [0.25, 0.3) is 0 Å². The molecule has 1 aliphatic rings. The minimum atomic E-state index is 0.0397. The van der Waals surface area contributed by atoms with Crippen molar-refractivity contribution < 1.29 is 9.53 Å². The lowest BCUT2D eigenvalue weighted by Gasteiger charge is -2.28. The van der Waals surface area contributed by atoms with E-state index in [0.29, 0.717) is 0 Å². The molecule has 0 aliphatic carbocycles. The summed E-state index contributed by atoms with van der Waals surface area (Å²) in [7, 11) is 0. The van der Waals surface area contributed by atoms with Gasteiger partial charge in [-0.15, -0.1) is 0 Å². The number of nitrogens with one attached hydrogen (secondary N) is 2. The third kappa shape index (κ3) is 4.46. The van der Waals surface area contributed by atoms with Gasteiger partial charge in [-0.3, -0.25) is 4.79 Å². The Morgan fingerprint density at radius 3 is 3.05 bits per heavy atom. The smallest absolute Gasteiger partial charge is 0.229 e. The minimum Gasteiger partial charge on any atom is -0.491 e. The average molecular weight is 290 g/mol. The van der Waals surface area contributed by atoms with Crippen LogP contribution in [0.2, 0.25) is 0 Å². The molecule has 21 heavy (non-hydrogen) atoms. The molecule has 0 saturated carbocycles. The van der Waals surface area contributed by atoms with Gasteiger partial charge in [0.2, 0.25) is 5.91 Å². The molecular weight excluding hydrogens is 264 g/mol. The molecule has 0 bridgehead atoms. The Hall–Kier alpha value is -1.55. The Bertz CT molecular complexity index is 476. The van der Waals surface area contributed by atoms with Crippen molar-refractivity contribution in [3.63, 3.8) is 0 Å². The molecule has 3 unspecified atom stereocenters. The highest BCUT2D eigenvalue weighted by Gasteiger charge is 2.27. The van der Waals surface area contributed by atoms with E-state index >= 15 is 0 Å². The second-order valence-electron chi connectivity index (χ2n) is 5.85. The predicted molar refractivity (Wildman–Crippen MR) is 85.6 cm³/mol. The van der Waals surface area contributed by atoms with Crippen LogP contribution >= 0.6 is 0 Å². The van der Waals surface area contributed by atoms with Gasteiger partial charge in [0, 0.05) is 17.8 Å². The fourth-order valence-electron chi connectivity index (χ4n) is 2.60. The van der Waals surface area contributed by atoms with E-state index in [0.717, 1.165) is 37.2 Å². The standard InChI is InChI=1S/C17H26N2O2/c1-4-12(2)21-15-8-5-7-14(11-15)19-17(20)16-9-6-10-18-13(16)3/h5,7-8,11-13,16,18H,4,6,9-10H2,1-3H3,(H,19,20). The van der Waals surface area contributed by atoms with Gasteiger partial charge in [0.15, 0.2) is 0 Å². The van der Waals surface area contributed by atoms with Crippen molar-refractivity contribution in [2.24, 2.45) is 5.92 Å². The summed E-state index contributed by atoms with van der Waals surface area (Å²) < 4.78 is 5.79. The summed E-state index contributed by atoms with van der Waals surface area (Å²) in [5, 5.41) is 6.37. The summed E-state index contributed by atoms with van der Waals surface area (Å²) >= 11 is 0. The van der Waals surface area contributed by atoms with Crippen molar-refractivity contribution in [2.45, 2.75) is 52.2 Å². The van der Waals surface area contributed by atoms with Crippen molar-refractivity contribution in [3.05, 3.63) is 24.3 Å². The molecule has 4 nitrogen and oxygen atoms in total. The molecule has 1 amide bonds. The second kappa shape index (κ2) is 7.46. The van der Waals surface area contributed by atoms with Gasteiger partial charge in [0.1, 0.15) is 5.75 Å². The average Bonchev–Trinajstić information content (AvgIpc) is 2.47. The molecule has 1 fully saturated rings. The lowest BCUT2D eigenvalue weighted by atomic mass is 9.91. The van der Waals surface area contributed by atoms with Gasteiger partial charge in [-0.05, 0) is 51.8 Å². The highest BCUT2D eigenvalue weighted by molar-refractivity contribution is 5.93. The number of hydrogen-bond acceptors (Lipinski definition) is 3. The van der Waals surface area contributed by atoms with E-state index in [1.165, 1.54) is 0 Å². The van der Waals surface area contributed by atoms with Crippen molar-refractivity contribution in [1.29, 1.82) is 0 Å². The van der Waals surface area contributed by atoms with Crippen LogP contribution in [0.15, 0.2) is 24.3 Å². The molecule has 1 aromatic rings. The van der Waals surface area contributed by atoms with Crippen LogP contribution in [-0.4, -0.2) is 24.6 Å². The Labute approximate surface area is 127 Å². The van der Waals surface area contributed by atoms with Gasteiger partial charge in [-0.2, -0.15) is 0 Å². The van der Waals surface area contributed by atoms with Crippen molar-refractivity contribution in [1.82, 2.24) is 5.32 Å². The van der Waals surface area contributed by atoms with Crippen LogP contribution in [0.1, 0.15) is 40.0 Å². The highest BCUT2D eigenvalue weighted by atomic mass is 16.5. The summed E-state index contributed by atoms with van der Waals surface area (Å²) in [5.41, 5.74) is 0.804. The number of carbonyl (C=O) groups is 1. The monoisotopic (exact) mass is 290 g/mol. The number of amides is 1. The fourth-order valence-corrected chi connectivity index (χ4v) is 2.60. The van der Waals surface area contributed by atoms with Crippen LogP contribution in [0.4, 0.5) is 5.69 Å². The molecule has 1 saturated heterocycles. The molecular formula is C17H26N2O2. The van der Waals surface area contributed by atoms with Gasteiger partial charge >= 0.3 is 0 Å². The second-order valence-corrected chi connectivity index (χ2v) is 5.85. The van der Waals surface area contributed by atoms with Crippen LogP contribution in [0.5, 0.6) is 5.75 Å². The molecule has 0 radical (unpaired) electrons. The zero-order chi connectivity index (χ0) is 15.2. The van der Waals surface area contributed by atoms with Gasteiger partial charge in [-0.1, -0.05) is 13.0 Å². The van der Waals surface area contributed by atoms with Gasteiger partial charge in [0.05, 0.1) is 12.0 Å². The van der Waals surface area contributed by atoms with E-state index in [1.807, 2.05) is 31.2 Å². The highest BCUT2D eigenvalue weighted by Crippen LogP contribution is 2.22.